The quantitative estimate of drug-likeness (QED) is 0.829. The molecular formula is C20H17N3O2. The average molecular weight is 331 g/mol. The second-order valence-electron chi connectivity index (χ2n) is 6.95. The molecule has 2 aromatic rings. The highest BCUT2D eigenvalue weighted by Gasteiger charge is 2.53. The zero-order valence-electron chi connectivity index (χ0n) is 13.7. The van der Waals surface area contributed by atoms with E-state index in [1.807, 2.05) is 49.4 Å². The van der Waals surface area contributed by atoms with Crippen molar-refractivity contribution in [2.75, 3.05) is 0 Å². The van der Waals surface area contributed by atoms with Gasteiger partial charge in [0.2, 0.25) is 0 Å². The Morgan fingerprint density at radius 2 is 1.92 bits per heavy atom. The van der Waals surface area contributed by atoms with Gasteiger partial charge in [-0.2, -0.15) is 5.26 Å². The fraction of sp³-hybridized carbons (Fsp3) is 0.250. The molecule has 5 nitrogen and oxygen atoms in total. The van der Waals surface area contributed by atoms with Gasteiger partial charge >= 0.3 is 6.03 Å². The molecule has 0 spiro atoms. The highest BCUT2D eigenvalue weighted by Crippen LogP contribution is 2.53. The summed E-state index contributed by atoms with van der Waals surface area (Å²) in [4.78, 5) is 24.1. The maximum Gasteiger partial charge on any atom is 0.322 e. The molecule has 4 rings (SSSR count). The summed E-state index contributed by atoms with van der Waals surface area (Å²) in [6.45, 7) is 2.03. The van der Waals surface area contributed by atoms with Gasteiger partial charge in [0.1, 0.15) is 6.04 Å². The van der Waals surface area contributed by atoms with E-state index in [0.717, 1.165) is 16.7 Å². The fourth-order valence-electron chi connectivity index (χ4n) is 4.32. The van der Waals surface area contributed by atoms with Crippen LogP contribution in [0.4, 0.5) is 4.79 Å². The largest absolute Gasteiger partial charge is 0.325 e. The van der Waals surface area contributed by atoms with Crippen molar-refractivity contribution in [2.24, 2.45) is 5.41 Å². The van der Waals surface area contributed by atoms with Crippen molar-refractivity contribution in [1.29, 1.82) is 5.26 Å². The minimum atomic E-state index is -0.608. The van der Waals surface area contributed by atoms with E-state index < -0.39 is 17.5 Å². The number of carbonyl (C=O) groups is 2. The molecule has 1 aliphatic carbocycles. The van der Waals surface area contributed by atoms with Crippen molar-refractivity contribution < 1.29 is 9.59 Å². The molecule has 2 aromatic carbocycles. The highest BCUT2D eigenvalue weighted by atomic mass is 16.2. The molecule has 3 amide bonds. The van der Waals surface area contributed by atoms with Crippen LogP contribution in [0.2, 0.25) is 0 Å². The molecule has 1 saturated heterocycles. The Morgan fingerprint density at radius 3 is 2.56 bits per heavy atom. The van der Waals surface area contributed by atoms with E-state index in [0.29, 0.717) is 12.0 Å². The first-order valence-electron chi connectivity index (χ1n) is 8.22. The normalized spacial score (nSPS) is 27.4. The molecule has 0 aromatic heterocycles. The van der Waals surface area contributed by atoms with Gasteiger partial charge in [-0.05, 0) is 35.2 Å². The molecule has 3 atom stereocenters. The molecule has 0 saturated carbocycles. The number of imide groups is 1. The van der Waals surface area contributed by atoms with Crippen molar-refractivity contribution in [2.45, 2.75) is 25.3 Å². The fourth-order valence-corrected chi connectivity index (χ4v) is 4.32. The van der Waals surface area contributed by atoms with Gasteiger partial charge in [-0.3, -0.25) is 10.1 Å². The van der Waals surface area contributed by atoms with Gasteiger partial charge in [0.25, 0.3) is 5.91 Å². The van der Waals surface area contributed by atoms with Gasteiger partial charge in [-0.1, -0.05) is 43.3 Å². The summed E-state index contributed by atoms with van der Waals surface area (Å²) in [5, 5.41) is 14.4. The second kappa shape index (κ2) is 5.45. The lowest BCUT2D eigenvalue weighted by Crippen LogP contribution is -2.47. The van der Waals surface area contributed by atoms with E-state index in [9.17, 15) is 14.9 Å². The van der Waals surface area contributed by atoms with Crippen LogP contribution in [0.5, 0.6) is 0 Å². The van der Waals surface area contributed by atoms with Crippen LogP contribution in [0.25, 0.3) is 0 Å². The van der Waals surface area contributed by atoms with Crippen molar-refractivity contribution in [3.8, 4) is 6.07 Å². The Bertz CT molecular complexity index is 916. The highest BCUT2D eigenvalue weighted by molar-refractivity contribution is 6.04. The molecule has 0 radical (unpaired) electrons. The molecule has 124 valence electrons. The molecule has 2 aliphatic rings. The average Bonchev–Trinajstić information content (AvgIpc) is 3.11. The molecule has 0 bridgehead atoms. The summed E-state index contributed by atoms with van der Waals surface area (Å²) < 4.78 is 0. The van der Waals surface area contributed by atoms with E-state index in [-0.39, 0.29) is 11.8 Å². The van der Waals surface area contributed by atoms with Crippen LogP contribution in [0.1, 0.15) is 35.1 Å². The van der Waals surface area contributed by atoms with Gasteiger partial charge in [0.15, 0.2) is 0 Å². The lowest BCUT2D eigenvalue weighted by molar-refractivity contribution is -0.122. The second-order valence-corrected chi connectivity index (χ2v) is 6.95. The maximum absolute atomic E-state index is 12.4. The van der Waals surface area contributed by atoms with Crippen LogP contribution in [0, 0.1) is 16.7 Å². The molecule has 2 N–H and O–H groups in total. The van der Waals surface area contributed by atoms with Crippen LogP contribution in [0.15, 0.2) is 48.5 Å². The SMILES string of the molecule is C[C@@]1([C@H]2NC(=O)NC2=O)Cc2ccc(C#N)cc2[C@@H]1c1ccccc1. The minimum absolute atomic E-state index is 0.0776. The number of rotatable bonds is 2. The third-order valence-electron chi connectivity index (χ3n) is 5.38. The van der Waals surface area contributed by atoms with Crippen molar-refractivity contribution in [3.63, 3.8) is 0 Å². The first kappa shape index (κ1) is 15.4. The van der Waals surface area contributed by atoms with Crippen molar-refractivity contribution >= 4 is 11.9 Å². The van der Waals surface area contributed by atoms with Gasteiger partial charge in [0, 0.05) is 11.3 Å². The number of urea groups is 1. The van der Waals surface area contributed by atoms with Crippen LogP contribution in [-0.4, -0.2) is 18.0 Å². The van der Waals surface area contributed by atoms with E-state index >= 15 is 0 Å². The molecule has 25 heavy (non-hydrogen) atoms. The number of nitrogens with one attached hydrogen (secondary N) is 2. The third-order valence-corrected chi connectivity index (χ3v) is 5.38. The van der Waals surface area contributed by atoms with Crippen LogP contribution in [-0.2, 0) is 11.2 Å². The summed E-state index contributed by atoms with van der Waals surface area (Å²) in [5.74, 6) is -0.368. The van der Waals surface area contributed by atoms with Gasteiger partial charge in [-0.25, -0.2) is 4.79 Å². The topological polar surface area (TPSA) is 82.0 Å². The first-order chi connectivity index (χ1) is 12.0. The molecule has 1 fully saturated rings. The lowest BCUT2D eigenvalue weighted by Gasteiger charge is -2.36. The predicted molar refractivity (Wildman–Crippen MR) is 91.7 cm³/mol. The smallest absolute Gasteiger partial charge is 0.322 e. The van der Waals surface area contributed by atoms with Crippen molar-refractivity contribution in [3.05, 3.63) is 70.8 Å². The first-order valence-corrected chi connectivity index (χ1v) is 8.22. The van der Waals surface area contributed by atoms with Crippen LogP contribution >= 0.6 is 0 Å². The van der Waals surface area contributed by atoms with E-state index in [4.69, 9.17) is 0 Å². The number of fused-ring (bicyclic) bond motifs is 1. The molecule has 0 unspecified atom stereocenters. The number of hydrogen-bond donors (Lipinski definition) is 2. The van der Waals surface area contributed by atoms with Crippen LogP contribution < -0.4 is 10.6 Å². The number of nitrogens with zero attached hydrogens (tertiary/aromatic N) is 1. The van der Waals surface area contributed by atoms with E-state index in [2.05, 4.69) is 16.7 Å². The predicted octanol–water partition coefficient (Wildman–Crippen LogP) is 2.46. The summed E-state index contributed by atoms with van der Waals surface area (Å²) in [7, 11) is 0. The number of nitriles is 1. The molecule has 1 heterocycles. The Balaban J connectivity index is 1.89. The number of benzene rings is 2. The summed E-state index contributed by atoms with van der Waals surface area (Å²) in [6.07, 6.45) is 0.659. The zero-order chi connectivity index (χ0) is 17.6. The maximum atomic E-state index is 12.4. The zero-order valence-corrected chi connectivity index (χ0v) is 13.7. The molecular weight excluding hydrogens is 314 g/mol. The van der Waals surface area contributed by atoms with Gasteiger partial charge in [-0.15, -0.1) is 0 Å². The summed E-state index contributed by atoms with van der Waals surface area (Å²) in [5.41, 5.74) is 3.34. The summed E-state index contributed by atoms with van der Waals surface area (Å²) >= 11 is 0. The minimum Gasteiger partial charge on any atom is -0.325 e. The van der Waals surface area contributed by atoms with Crippen molar-refractivity contribution in [1.82, 2.24) is 10.6 Å². The molecule has 1 aliphatic heterocycles. The molecule has 5 heteroatoms. The standard InChI is InChI=1S/C20H17N3O2/c1-20(17-18(24)23-19(25)22-17)10-14-8-7-12(11-21)9-15(14)16(20)13-5-3-2-4-6-13/h2-9,16-17H,10H2,1H3,(H2,22,23,24,25)/t16-,17-,20+/m0/s1. The Kier molecular flexibility index (Phi) is 3.36. The number of amides is 3. The van der Waals surface area contributed by atoms with E-state index in [1.54, 1.807) is 6.07 Å². The Hall–Kier alpha value is -3.13. The summed E-state index contributed by atoms with van der Waals surface area (Å²) in [6, 6.07) is 16.8. The van der Waals surface area contributed by atoms with Crippen LogP contribution in [0.3, 0.4) is 0 Å². The van der Waals surface area contributed by atoms with Gasteiger partial charge in [0.05, 0.1) is 11.6 Å². The number of carbonyl (C=O) groups excluding carboxylic acids is 2. The van der Waals surface area contributed by atoms with Gasteiger partial charge < -0.3 is 5.32 Å². The Labute approximate surface area is 145 Å². The number of hydrogen-bond acceptors (Lipinski definition) is 3. The lowest BCUT2D eigenvalue weighted by atomic mass is 9.69. The van der Waals surface area contributed by atoms with E-state index in [1.165, 1.54) is 0 Å². The monoisotopic (exact) mass is 331 g/mol. The third kappa shape index (κ3) is 2.30. The Morgan fingerprint density at radius 1 is 1.16 bits per heavy atom.